The van der Waals surface area contributed by atoms with Gasteiger partial charge in [-0.2, -0.15) is 0 Å². The first kappa shape index (κ1) is 20.3. The molecule has 0 spiro atoms. The topological polar surface area (TPSA) is 197 Å². The number of aliphatic hydroxyl groups excluding tert-OH is 8. The Hall–Kier alpha value is -0.730. The number of ether oxygens (including phenoxy) is 2. The van der Waals surface area contributed by atoms with Crippen molar-refractivity contribution in [3.8, 4) is 0 Å². The molecule has 0 aromatic heterocycles. The fourth-order valence-corrected chi connectivity index (χ4v) is 2.09. The summed E-state index contributed by atoms with van der Waals surface area (Å²) in [7, 11) is 0. The van der Waals surface area contributed by atoms with Crippen LogP contribution in [0.15, 0.2) is 0 Å². The first-order chi connectivity index (χ1) is 10.8. The van der Waals surface area contributed by atoms with Gasteiger partial charge in [0.1, 0.15) is 49.3 Å². The van der Waals surface area contributed by atoms with Crippen molar-refractivity contribution in [1.29, 1.82) is 0 Å². The summed E-state index contributed by atoms with van der Waals surface area (Å²) in [6.45, 7) is -2.71. The monoisotopic (exact) mass is 342 g/mol. The maximum Gasteiger partial charge on any atom is 0.189 e. The molecular weight excluding hydrogens is 320 g/mol. The fraction of sp³-hybridized carbons (Fsp3) is 0.917. The lowest BCUT2D eigenvalue weighted by atomic mass is 9.98. The Balaban J connectivity index is 2.91. The van der Waals surface area contributed by atoms with E-state index in [4.69, 9.17) is 24.8 Å². The van der Waals surface area contributed by atoms with E-state index in [-0.39, 0.29) is 0 Å². The molecule has 0 bridgehead atoms. The van der Waals surface area contributed by atoms with Gasteiger partial charge in [0.25, 0.3) is 0 Å². The van der Waals surface area contributed by atoms with E-state index < -0.39 is 74.6 Å². The smallest absolute Gasteiger partial charge is 0.189 e. The van der Waals surface area contributed by atoms with Gasteiger partial charge in [0, 0.05) is 0 Å². The molecule has 1 rings (SSSR count). The molecule has 1 aliphatic heterocycles. The largest absolute Gasteiger partial charge is 0.394 e. The normalized spacial score (nSPS) is 35.6. The van der Waals surface area contributed by atoms with Crippen LogP contribution in [0, 0.1) is 0 Å². The van der Waals surface area contributed by atoms with Crippen molar-refractivity contribution in [2.24, 2.45) is 0 Å². The highest BCUT2D eigenvalue weighted by atomic mass is 16.7. The molecule has 11 nitrogen and oxygen atoms in total. The van der Waals surface area contributed by atoms with Gasteiger partial charge in [-0.25, -0.2) is 0 Å². The second-order valence-corrected chi connectivity index (χ2v) is 5.12. The zero-order valence-electron chi connectivity index (χ0n) is 12.0. The second kappa shape index (κ2) is 8.94. The molecule has 0 unspecified atom stereocenters. The molecule has 136 valence electrons. The molecule has 1 aliphatic rings. The number of hydrogen-bond acceptors (Lipinski definition) is 11. The molecule has 0 amide bonds. The second-order valence-electron chi connectivity index (χ2n) is 5.12. The van der Waals surface area contributed by atoms with Crippen molar-refractivity contribution in [2.45, 2.75) is 49.0 Å². The lowest BCUT2D eigenvalue weighted by Crippen LogP contribution is -2.61. The summed E-state index contributed by atoms with van der Waals surface area (Å²) in [5, 5.41) is 75.1. The van der Waals surface area contributed by atoms with E-state index in [1.807, 2.05) is 0 Å². The van der Waals surface area contributed by atoms with Crippen molar-refractivity contribution < 1.29 is 55.1 Å². The average molecular weight is 342 g/mol. The van der Waals surface area contributed by atoms with E-state index in [0.717, 1.165) is 0 Å². The SMILES string of the molecule is O=C(CO)[C@@H](O)[C@H](O[C@@H]1O[C@@H](CO)[C@H](O)[C@H](O)[C@@H]1O)[C@H](O)CO. The van der Waals surface area contributed by atoms with Gasteiger partial charge in [-0.1, -0.05) is 0 Å². The Kier molecular flexibility index (Phi) is 7.89. The number of carbonyl (C=O) groups is 1. The molecule has 0 aromatic rings. The van der Waals surface area contributed by atoms with E-state index >= 15 is 0 Å². The first-order valence-corrected chi connectivity index (χ1v) is 6.85. The Labute approximate surface area is 130 Å². The van der Waals surface area contributed by atoms with Crippen LogP contribution in [0.1, 0.15) is 0 Å². The van der Waals surface area contributed by atoms with Crippen molar-refractivity contribution in [2.75, 3.05) is 19.8 Å². The maximum atomic E-state index is 11.3. The molecule has 11 heteroatoms. The zero-order valence-corrected chi connectivity index (χ0v) is 12.0. The molecule has 1 heterocycles. The van der Waals surface area contributed by atoms with Gasteiger partial charge in [-0.05, 0) is 0 Å². The van der Waals surface area contributed by atoms with Gasteiger partial charge in [-0.3, -0.25) is 4.79 Å². The summed E-state index contributed by atoms with van der Waals surface area (Å²) >= 11 is 0. The molecule has 8 N–H and O–H groups in total. The van der Waals surface area contributed by atoms with Crippen LogP contribution in [0.5, 0.6) is 0 Å². The molecule has 0 saturated carbocycles. The van der Waals surface area contributed by atoms with E-state index in [1.165, 1.54) is 0 Å². The molecule has 0 aromatic carbocycles. The summed E-state index contributed by atoms with van der Waals surface area (Å²) in [5.74, 6) is -1.12. The van der Waals surface area contributed by atoms with Crippen LogP contribution in [0.3, 0.4) is 0 Å². The predicted octanol–water partition coefficient (Wildman–Crippen LogP) is -5.55. The number of rotatable bonds is 8. The van der Waals surface area contributed by atoms with Crippen molar-refractivity contribution in [1.82, 2.24) is 0 Å². The van der Waals surface area contributed by atoms with E-state index in [9.17, 15) is 30.3 Å². The average Bonchev–Trinajstić information content (AvgIpc) is 2.57. The van der Waals surface area contributed by atoms with Gasteiger partial charge in [0.05, 0.1) is 13.2 Å². The molecule has 1 saturated heterocycles. The van der Waals surface area contributed by atoms with Gasteiger partial charge in [-0.15, -0.1) is 0 Å². The molecule has 1 fully saturated rings. The third-order valence-corrected chi connectivity index (χ3v) is 3.50. The van der Waals surface area contributed by atoms with Crippen LogP contribution in [0.2, 0.25) is 0 Å². The molecule has 8 atom stereocenters. The Bertz CT molecular complexity index is 376. The fourth-order valence-electron chi connectivity index (χ4n) is 2.09. The zero-order chi connectivity index (χ0) is 17.7. The summed E-state index contributed by atoms with van der Waals surface area (Å²) in [6, 6.07) is 0. The lowest BCUT2D eigenvalue weighted by molar-refractivity contribution is -0.323. The third-order valence-electron chi connectivity index (χ3n) is 3.50. The number of Topliss-reactive ketones (excluding diaryl/α,β-unsaturated/α-hetero) is 1. The van der Waals surface area contributed by atoms with Crippen molar-refractivity contribution in [3.05, 3.63) is 0 Å². The Morgan fingerprint density at radius 1 is 1.04 bits per heavy atom. The number of hydrogen-bond donors (Lipinski definition) is 8. The van der Waals surface area contributed by atoms with Crippen molar-refractivity contribution >= 4 is 5.78 Å². The summed E-state index contributed by atoms with van der Waals surface area (Å²) in [6.07, 6.45) is -13.8. The third kappa shape index (κ3) is 4.64. The standard InChI is InChI=1S/C12H22O11/c13-1-4(16)7(18)11(5(17)2-14)23-12-10(21)9(20)8(19)6(3-15)22-12/h5-15,17-21H,1-3H2/t5-,6+,7-,8+,9+,10+,11-,12+/m1/s1. The lowest BCUT2D eigenvalue weighted by Gasteiger charge is -2.41. The minimum absolute atomic E-state index is 0.726. The highest BCUT2D eigenvalue weighted by Gasteiger charge is 2.46. The van der Waals surface area contributed by atoms with Gasteiger partial charge in [0.2, 0.25) is 0 Å². The van der Waals surface area contributed by atoms with Crippen LogP contribution in [-0.2, 0) is 14.3 Å². The minimum Gasteiger partial charge on any atom is -0.394 e. The number of carbonyl (C=O) groups excluding carboxylic acids is 1. The van der Waals surface area contributed by atoms with Crippen LogP contribution in [-0.4, -0.2) is 115 Å². The number of aliphatic hydroxyl groups is 8. The highest BCUT2D eigenvalue weighted by Crippen LogP contribution is 2.24. The highest BCUT2D eigenvalue weighted by molar-refractivity contribution is 5.84. The molecule has 0 radical (unpaired) electrons. The Morgan fingerprint density at radius 3 is 2.13 bits per heavy atom. The van der Waals surface area contributed by atoms with Crippen LogP contribution in [0.25, 0.3) is 0 Å². The van der Waals surface area contributed by atoms with Gasteiger partial charge in [0.15, 0.2) is 12.1 Å². The molecule has 0 aliphatic carbocycles. The first-order valence-electron chi connectivity index (χ1n) is 6.85. The molecule has 23 heavy (non-hydrogen) atoms. The van der Waals surface area contributed by atoms with Gasteiger partial charge < -0.3 is 50.3 Å². The number of ketones is 1. The predicted molar refractivity (Wildman–Crippen MR) is 69.8 cm³/mol. The summed E-state index contributed by atoms with van der Waals surface area (Å²) in [4.78, 5) is 11.3. The van der Waals surface area contributed by atoms with E-state index in [1.54, 1.807) is 0 Å². The summed E-state index contributed by atoms with van der Waals surface area (Å²) in [5.41, 5.74) is 0. The minimum atomic E-state index is -2.05. The maximum absolute atomic E-state index is 11.3. The van der Waals surface area contributed by atoms with Crippen LogP contribution < -0.4 is 0 Å². The summed E-state index contributed by atoms with van der Waals surface area (Å²) < 4.78 is 10.1. The quantitative estimate of drug-likeness (QED) is 0.209. The van der Waals surface area contributed by atoms with E-state index in [2.05, 4.69) is 0 Å². The van der Waals surface area contributed by atoms with Gasteiger partial charge >= 0.3 is 0 Å². The van der Waals surface area contributed by atoms with Crippen molar-refractivity contribution in [3.63, 3.8) is 0 Å². The Morgan fingerprint density at radius 2 is 1.65 bits per heavy atom. The van der Waals surface area contributed by atoms with E-state index in [0.29, 0.717) is 0 Å². The van der Waals surface area contributed by atoms with Crippen LogP contribution in [0.4, 0.5) is 0 Å². The molecular formula is C12H22O11. The van der Waals surface area contributed by atoms with Crippen LogP contribution >= 0.6 is 0 Å².